The summed E-state index contributed by atoms with van der Waals surface area (Å²) in [6.07, 6.45) is 2.78. The molecule has 0 unspecified atom stereocenters. The van der Waals surface area contributed by atoms with E-state index in [0.717, 1.165) is 42.8 Å². The van der Waals surface area contributed by atoms with Crippen molar-refractivity contribution in [1.82, 2.24) is 19.8 Å². The van der Waals surface area contributed by atoms with Crippen molar-refractivity contribution in [3.05, 3.63) is 47.0 Å². The van der Waals surface area contributed by atoms with E-state index in [1.54, 1.807) is 12.0 Å². The van der Waals surface area contributed by atoms with Crippen LogP contribution in [0.3, 0.4) is 0 Å². The highest BCUT2D eigenvalue weighted by Gasteiger charge is 2.29. The van der Waals surface area contributed by atoms with Gasteiger partial charge in [-0.3, -0.25) is 9.59 Å². The molecule has 2 aromatic rings. The van der Waals surface area contributed by atoms with Crippen molar-refractivity contribution in [3.8, 4) is 5.75 Å². The summed E-state index contributed by atoms with van der Waals surface area (Å²) in [7, 11) is 1.62. The Morgan fingerprint density at radius 1 is 1.18 bits per heavy atom. The highest BCUT2D eigenvalue weighted by atomic mass is 16.5. The summed E-state index contributed by atoms with van der Waals surface area (Å²) in [4.78, 5) is 31.9. The molecular weight excluding hydrogens is 356 g/mol. The van der Waals surface area contributed by atoms with Crippen LogP contribution in [0, 0.1) is 0 Å². The van der Waals surface area contributed by atoms with E-state index in [9.17, 15) is 9.59 Å². The van der Waals surface area contributed by atoms with Crippen molar-refractivity contribution in [3.63, 3.8) is 0 Å². The lowest BCUT2D eigenvalue weighted by Crippen LogP contribution is -2.31. The number of amides is 2. The van der Waals surface area contributed by atoms with Crippen LogP contribution in [-0.2, 0) is 19.5 Å². The molecule has 1 aliphatic rings. The van der Waals surface area contributed by atoms with E-state index in [2.05, 4.69) is 10.3 Å². The first-order valence-corrected chi connectivity index (χ1v) is 9.88. The van der Waals surface area contributed by atoms with Crippen LogP contribution in [0.4, 0.5) is 0 Å². The lowest BCUT2D eigenvalue weighted by atomic mass is 10.1. The fourth-order valence-corrected chi connectivity index (χ4v) is 3.55. The number of rotatable bonds is 7. The van der Waals surface area contributed by atoms with Crippen molar-refractivity contribution < 1.29 is 14.3 Å². The van der Waals surface area contributed by atoms with Crippen LogP contribution < -0.4 is 10.1 Å². The molecule has 0 saturated heterocycles. The number of fused-ring (bicyclic) bond motifs is 1. The van der Waals surface area contributed by atoms with Gasteiger partial charge in [-0.15, -0.1) is 0 Å². The molecule has 1 N–H and O–H groups in total. The van der Waals surface area contributed by atoms with Gasteiger partial charge in [0.15, 0.2) is 5.82 Å². The standard InChI is InChI=1S/C21H28N4O3/c1-4-24(5-2)21(27)18-17-8-6-7-13-25(17)19(23-18)20(26)22-14-15-9-11-16(28-3)12-10-15/h9-12H,4-8,13-14H2,1-3H3,(H,22,26). The van der Waals surface area contributed by atoms with E-state index in [4.69, 9.17) is 4.74 Å². The van der Waals surface area contributed by atoms with Crippen molar-refractivity contribution >= 4 is 11.8 Å². The molecule has 0 aliphatic carbocycles. The van der Waals surface area contributed by atoms with Gasteiger partial charge in [-0.2, -0.15) is 0 Å². The number of nitrogens with zero attached hydrogens (tertiary/aromatic N) is 3. The molecule has 3 rings (SSSR count). The fraction of sp³-hybridized carbons (Fsp3) is 0.476. The predicted octanol–water partition coefficient (Wildman–Crippen LogP) is 2.64. The van der Waals surface area contributed by atoms with E-state index in [1.165, 1.54) is 0 Å². The first-order chi connectivity index (χ1) is 13.6. The summed E-state index contributed by atoms with van der Waals surface area (Å²) in [6, 6.07) is 7.55. The number of carbonyl (C=O) groups is 2. The Kier molecular flexibility index (Phi) is 6.34. The molecule has 28 heavy (non-hydrogen) atoms. The third kappa shape index (κ3) is 4.03. The molecule has 1 aromatic heterocycles. The van der Waals surface area contributed by atoms with E-state index in [0.29, 0.717) is 31.2 Å². The van der Waals surface area contributed by atoms with Crippen molar-refractivity contribution in [1.29, 1.82) is 0 Å². The molecule has 7 nitrogen and oxygen atoms in total. The molecule has 0 saturated carbocycles. The molecular formula is C21H28N4O3. The highest BCUT2D eigenvalue weighted by Crippen LogP contribution is 2.22. The number of benzene rings is 1. The monoisotopic (exact) mass is 384 g/mol. The molecule has 150 valence electrons. The van der Waals surface area contributed by atoms with Crippen LogP contribution in [0.1, 0.15) is 59.1 Å². The van der Waals surface area contributed by atoms with Gasteiger partial charge in [-0.05, 0) is 50.8 Å². The average molecular weight is 384 g/mol. The quantitative estimate of drug-likeness (QED) is 0.796. The molecule has 1 aliphatic heterocycles. The molecule has 0 atom stereocenters. The normalized spacial score (nSPS) is 13.0. The van der Waals surface area contributed by atoms with E-state index < -0.39 is 0 Å². The molecule has 7 heteroatoms. The van der Waals surface area contributed by atoms with Gasteiger partial charge in [-0.25, -0.2) is 4.98 Å². The number of imidazole rings is 1. The topological polar surface area (TPSA) is 76.5 Å². The first kappa shape index (κ1) is 19.9. The molecule has 0 fully saturated rings. The summed E-state index contributed by atoms with van der Waals surface area (Å²) in [5.74, 6) is 0.762. The molecule has 0 radical (unpaired) electrons. The second-order valence-electron chi connectivity index (χ2n) is 6.85. The number of hydrogen-bond donors (Lipinski definition) is 1. The van der Waals surface area contributed by atoms with Gasteiger partial charge in [0.2, 0.25) is 0 Å². The number of ether oxygens (including phenoxy) is 1. The molecule has 2 heterocycles. The van der Waals surface area contributed by atoms with Crippen LogP contribution in [0.15, 0.2) is 24.3 Å². The zero-order chi connectivity index (χ0) is 20.1. The smallest absolute Gasteiger partial charge is 0.287 e. The minimum atomic E-state index is -0.252. The Bertz CT molecular complexity index is 838. The highest BCUT2D eigenvalue weighted by molar-refractivity contribution is 5.97. The lowest BCUT2D eigenvalue weighted by Gasteiger charge is -2.20. The Morgan fingerprint density at radius 2 is 1.89 bits per heavy atom. The maximum absolute atomic E-state index is 12.9. The van der Waals surface area contributed by atoms with E-state index in [1.807, 2.05) is 42.7 Å². The number of nitrogens with one attached hydrogen (secondary N) is 1. The zero-order valence-electron chi connectivity index (χ0n) is 16.8. The summed E-state index contributed by atoms with van der Waals surface area (Å²) in [5, 5.41) is 2.92. The zero-order valence-corrected chi connectivity index (χ0v) is 16.8. The lowest BCUT2D eigenvalue weighted by molar-refractivity contribution is 0.0766. The molecule has 2 amide bonds. The SMILES string of the molecule is CCN(CC)C(=O)c1nc(C(=O)NCc2ccc(OC)cc2)n2c1CCCC2. The number of methoxy groups -OCH3 is 1. The van der Waals surface area contributed by atoms with Gasteiger partial charge in [0.05, 0.1) is 12.8 Å². The molecule has 1 aromatic carbocycles. The number of carbonyl (C=O) groups excluding carboxylic acids is 2. The van der Waals surface area contributed by atoms with Crippen LogP contribution >= 0.6 is 0 Å². The van der Waals surface area contributed by atoms with Gasteiger partial charge in [0.25, 0.3) is 11.8 Å². The van der Waals surface area contributed by atoms with E-state index in [-0.39, 0.29) is 11.8 Å². The van der Waals surface area contributed by atoms with Gasteiger partial charge < -0.3 is 19.5 Å². The van der Waals surface area contributed by atoms with Crippen LogP contribution in [-0.4, -0.2) is 46.5 Å². The molecule has 0 bridgehead atoms. The predicted molar refractivity (Wildman–Crippen MR) is 107 cm³/mol. The van der Waals surface area contributed by atoms with Crippen LogP contribution in [0.2, 0.25) is 0 Å². The third-order valence-corrected chi connectivity index (χ3v) is 5.19. The van der Waals surface area contributed by atoms with Gasteiger partial charge >= 0.3 is 0 Å². The summed E-state index contributed by atoms with van der Waals surface area (Å²) in [5.41, 5.74) is 2.29. The number of hydrogen-bond acceptors (Lipinski definition) is 4. The summed E-state index contributed by atoms with van der Waals surface area (Å²) in [6.45, 7) is 6.27. The summed E-state index contributed by atoms with van der Waals surface area (Å²) < 4.78 is 7.07. The Hall–Kier alpha value is -2.83. The first-order valence-electron chi connectivity index (χ1n) is 9.88. The minimum Gasteiger partial charge on any atom is -0.497 e. The fourth-order valence-electron chi connectivity index (χ4n) is 3.55. The van der Waals surface area contributed by atoms with Crippen LogP contribution in [0.5, 0.6) is 5.75 Å². The Labute approximate surface area is 165 Å². The Morgan fingerprint density at radius 3 is 2.54 bits per heavy atom. The maximum atomic E-state index is 12.9. The van der Waals surface area contributed by atoms with E-state index >= 15 is 0 Å². The van der Waals surface area contributed by atoms with Gasteiger partial charge in [0.1, 0.15) is 11.4 Å². The van der Waals surface area contributed by atoms with Crippen molar-refractivity contribution in [2.24, 2.45) is 0 Å². The summed E-state index contributed by atoms with van der Waals surface area (Å²) >= 11 is 0. The largest absolute Gasteiger partial charge is 0.497 e. The minimum absolute atomic E-state index is 0.0927. The van der Waals surface area contributed by atoms with Crippen LogP contribution in [0.25, 0.3) is 0 Å². The second kappa shape index (κ2) is 8.91. The average Bonchev–Trinajstić information content (AvgIpc) is 3.13. The maximum Gasteiger partial charge on any atom is 0.287 e. The third-order valence-electron chi connectivity index (χ3n) is 5.19. The second-order valence-corrected chi connectivity index (χ2v) is 6.85. The number of aromatic nitrogens is 2. The molecule has 0 spiro atoms. The van der Waals surface area contributed by atoms with Gasteiger partial charge in [0, 0.05) is 26.2 Å². The Balaban J connectivity index is 1.80. The van der Waals surface area contributed by atoms with Crippen molar-refractivity contribution in [2.45, 2.75) is 46.2 Å². The van der Waals surface area contributed by atoms with Crippen molar-refractivity contribution in [2.75, 3.05) is 20.2 Å². The van der Waals surface area contributed by atoms with Gasteiger partial charge in [-0.1, -0.05) is 12.1 Å².